The first kappa shape index (κ1) is 23.4. The van der Waals surface area contributed by atoms with Gasteiger partial charge in [0, 0.05) is 45.2 Å². The van der Waals surface area contributed by atoms with E-state index in [1.807, 2.05) is 6.07 Å². The molecule has 3 aromatic rings. The smallest absolute Gasteiger partial charge is 0.269 e. The van der Waals surface area contributed by atoms with Crippen LogP contribution in [0.3, 0.4) is 0 Å². The number of aromatic amines is 1. The minimum atomic E-state index is -0.428. The standard InChI is InChI=1S/C26H31FN6O2/c1-3-18-19(24-30-21-7-4-16(27)14-20(21)25(34)31-24)6-9-23(18)33-12-10-32(11-13-33)17-5-8-22(29-15-17)26(35)28-2/h4-5,7-8,14-15,18-19,23H,3,6,9-13H2,1-2H3,(H,28,35)(H,30,31,34). The summed E-state index contributed by atoms with van der Waals surface area (Å²) in [7, 11) is 1.60. The number of anilines is 1. The van der Waals surface area contributed by atoms with E-state index in [2.05, 4.69) is 32.0 Å². The first-order chi connectivity index (χ1) is 17.0. The number of nitrogens with zero attached hydrogens (tertiary/aromatic N) is 4. The summed E-state index contributed by atoms with van der Waals surface area (Å²) in [5, 5.41) is 2.89. The van der Waals surface area contributed by atoms with Gasteiger partial charge in [-0.2, -0.15) is 0 Å². The summed E-state index contributed by atoms with van der Waals surface area (Å²) >= 11 is 0. The van der Waals surface area contributed by atoms with Gasteiger partial charge in [-0.25, -0.2) is 14.4 Å². The molecule has 8 nitrogen and oxygen atoms in total. The fourth-order valence-electron chi connectivity index (χ4n) is 5.85. The summed E-state index contributed by atoms with van der Waals surface area (Å²) in [4.78, 5) is 41.2. The minimum Gasteiger partial charge on any atom is -0.368 e. The maximum absolute atomic E-state index is 13.6. The van der Waals surface area contributed by atoms with E-state index in [0.29, 0.717) is 28.6 Å². The molecule has 0 radical (unpaired) electrons. The van der Waals surface area contributed by atoms with Gasteiger partial charge in [0.05, 0.1) is 22.8 Å². The van der Waals surface area contributed by atoms with Gasteiger partial charge in [-0.1, -0.05) is 13.3 Å². The highest BCUT2D eigenvalue weighted by atomic mass is 19.1. The predicted octanol–water partition coefficient (Wildman–Crippen LogP) is 2.91. The van der Waals surface area contributed by atoms with Crippen molar-refractivity contribution in [2.75, 3.05) is 38.1 Å². The zero-order valence-corrected chi connectivity index (χ0v) is 20.1. The van der Waals surface area contributed by atoms with Crippen molar-refractivity contribution in [3.05, 3.63) is 64.2 Å². The van der Waals surface area contributed by atoms with Crippen molar-refractivity contribution in [3.63, 3.8) is 0 Å². The molecule has 2 aromatic heterocycles. The third-order valence-electron chi connectivity index (χ3n) is 7.65. The monoisotopic (exact) mass is 478 g/mol. The Morgan fingerprint density at radius 2 is 1.97 bits per heavy atom. The number of carbonyl (C=O) groups excluding carboxylic acids is 1. The van der Waals surface area contributed by atoms with Crippen molar-refractivity contribution < 1.29 is 9.18 Å². The number of rotatable bonds is 5. The van der Waals surface area contributed by atoms with Gasteiger partial charge in [-0.3, -0.25) is 14.5 Å². The molecule has 1 aliphatic heterocycles. The first-order valence-electron chi connectivity index (χ1n) is 12.3. The maximum atomic E-state index is 13.6. The van der Waals surface area contributed by atoms with Crippen LogP contribution in [0.5, 0.6) is 0 Å². The number of halogens is 1. The second kappa shape index (κ2) is 9.73. The zero-order chi connectivity index (χ0) is 24.5. The Morgan fingerprint density at radius 1 is 1.17 bits per heavy atom. The average Bonchev–Trinajstić information content (AvgIpc) is 3.33. The van der Waals surface area contributed by atoms with Crippen LogP contribution in [0.2, 0.25) is 0 Å². The normalized spacial score (nSPS) is 23.1. The van der Waals surface area contributed by atoms with Gasteiger partial charge in [0.1, 0.15) is 17.3 Å². The minimum absolute atomic E-state index is 0.183. The van der Waals surface area contributed by atoms with E-state index in [-0.39, 0.29) is 17.4 Å². The summed E-state index contributed by atoms with van der Waals surface area (Å²) in [6, 6.07) is 8.36. The zero-order valence-electron chi connectivity index (χ0n) is 20.1. The van der Waals surface area contributed by atoms with Gasteiger partial charge in [0.15, 0.2) is 0 Å². The van der Waals surface area contributed by atoms with Crippen molar-refractivity contribution in [2.45, 2.75) is 38.1 Å². The number of hydrogen-bond donors (Lipinski definition) is 2. The number of benzene rings is 1. The van der Waals surface area contributed by atoms with Crippen molar-refractivity contribution in [2.24, 2.45) is 5.92 Å². The van der Waals surface area contributed by atoms with E-state index in [4.69, 9.17) is 4.98 Å². The molecule has 35 heavy (non-hydrogen) atoms. The van der Waals surface area contributed by atoms with E-state index >= 15 is 0 Å². The number of aromatic nitrogens is 3. The molecule has 2 N–H and O–H groups in total. The lowest BCUT2D eigenvalue weighted by atomic mass is 9.89. The lowest BCUT2D eigenvalue weighted by Crippen LogP contribution is -2.51. The summed E-state index contributed by atoms with van der Waals surface area (Å²) in [6.07, 6.45) is 4.82. The number of H-pyrrole nitrogens is 1. The topological polar surface area (TPSA) is 94.2 Å². The Kier molecular flexibility index (Phi) is 6.51. The molecule has 0 bridgehead atoms. The number of hydrogen-bond acceptors (Lipinski definition) is 6. The van der Waals surface area contributed by atoms with Crippen LogP contribution >= 0.6 is 0 Å². The molecule has 1 amide bonds. The SMILES string of the molecule is CCC1C(c2nc3ccc(F)cc3c(=O)[nH]2)CCC1N1CCN(c2ccc(C(=O)NC)nc2)CC1. The highest BCUT2D eigenvalue weighted by molar-refractivity contribution is 5.92. The number of nitrogens with one attached hydrogen (secondary N) is 2. The van der Waals surface area contributed by atoms with Gasteiger partial charge in [-0.15, -0.1) is 0 Å². The lowest BCUT2D eigenvalue weighted by Gasteiger charge is -2.41. The van der Waals surface area contributed by atoms with Gasteiger partial charge < -0.3 is 15.2 Å². The van der Waals surface area contributed by atoms with Crippen molar-refractivity contribution in [1.29, 1.82) is 0 Å². The molecular formula is C26H31FN6O2. The molecule has 3 unspecified atom stereocenters. The van der Waals surface area contributed by atoms with E-state index in [9.17, 15) is 14.0 Å². The fraction of sp³-hybridized carbons (Fsp3) is 0.462. The molecule has 0 spiro atoms. The summed E-state index contributed by atoms with van der Waals surface area (Å²) in [5.74, 6) is 0.700. The molecule has 9 heteroatoms. The molecule has 1 aliphatic carbocycles. The number of piperazine rings is 1. The maximum Gasteiger partial charge on any atom is 0.269 e. The van der Waals surface area contributed by atoms with Crippen LogP contribution in [0.25, 0.3) is 10.9 Å². The second-order valence-corrected chi connectivity index (χ2v) is 9.44. The van der Waals surface area contributed by atoms with E-state index in [1.165, 1.54) is 12.1 Å². The Labute approximate surface area is 203 Å². The second-order valence-electron chi connectivity index (χ2n) is 9.44. The van der Waals surface area contributed by atoms with E-state index < -0.39 is 5.82 Å². The summed E-state index contributed by atoms with van der Waals surface area (Å²) < 4.78 is 13.6. The summed E-state index contributed by atoms with van der Waals surface area (Å²) in [5.41, 5.74) is 1.73. The molecule has 3 atom stereocenters. The Morgan fingerprint density at radius 3 is 2.66 bits per heavy atom. The lowest BCUT2D eigenvalue weighted by molar-refractivity contribution is 0.0958. The highest BCUT2D eigenvalue weighted by Gasteiger charge is 2.41. The van der Waals surface area contributed by atoms with E-state index in [0.717, 1.165) is 57.0 Å². The Balaban J connectivity index is 1.27. The van der Waals surface area contributed by atoms with Crippen molar-refractivity contribution in [1.82, 2.24) is 25.2 Å². The quantitative estimate of drug-likeness (QED) is 0.586. The third-order valence-corrected chi connectivity index (χ3v) is 7.65. The van der Waals surface area contributed by atoms with Crippen molar-refractivity contribution in [3.8, 4) is 0 Å². The first-order valence-corrected chi connectivity index (χ1v) is 12.3. The molecule has 1 saturated carbocycles. The molecule has 5 rings (SSSR count). The summed E-state index contributed by atoms with van der Waals surface area (Å²) in [6.45, 7) is 5.91. The van der Waals surface area contributed by atoms with Crippen LogP contribution in [0, 0.1) is 11.7 Å². The van der Waals surface area contributed by atoms with Gasteiger partial charge in [-0.05, 0) is 49.1 Å². The molecule has 1 saturated heterocycles. The molecule has 1 aromatic carbocycles. The molecule has 184 valence electrons. The Hall–Kier alpha value is -3.33. The number of fused-ring (bicyclic) bond motifs is 1. The number of carbonyl (C=O) groups is 1. The van der Waals surface area contributed by atoms with E-state index in [1.54, 1.807) is 25.4 Å². The van der Waals surface area contributed by atoms with Crippen LogP contribution in [0.1, 0.15) is 48.4 Å². The van der Waals surface area contributed by atoms with Crippen molar-refractivity contribution >= 4 is 22.5 Å². The molecule has 2 fully saturated rings. The van der Waals surface area contributed by atoms with Crippen LogP contribution in [0.4, 0.5) is 10.1 Å². The predicted molar refractivity (Wildman–Crippen MR) is 133 cm³/mol. The number of pyridine rings is 1. The Bertz CT molecular complexity index is 1270. The van der Waals surface area contributed by atoms with Gasteiger partial charge in [0.25, 0.3) is 11.5 Å². The van der Waals surface area contributed by atoms with Gasteiger partial charge in [0.2, 0.25) is 0 Å². The highest BCUT2D eigenvalue weighted by Crippen LogP contribution is 2.43. The fourth-order valence-corrected chi connectivity index (χ4v) is 5.85. The van der Waals surface area contributed by atoms with Crippen LogP contribution in [-0.2, 0) is 0 Å². The third kappa shape index (κ3) is 4.52. The van der Waals surface area contributed by atoms with Gasteiger partial charge >= 0.3 is 0 Å². The van der Waals surface area contributed by atoms with Crippen LogP contribution in [-0.4, -0.2) is 65.0 Å². The molecule has 3 heterocycles. The molecule has 2 aliphatic rings. The largest absolute Gasteiger partial charge is 0.368 e. The average molecular weight is 479 g/mol. The molecular weight excluding hydrogens is 447 g/mol. The number of amides is 1. The van der Waals surface area contributed by atoms with Crippen LogP contribution < -0.4 is 15.8 Å². The van der Waals surface area contributed by atoms with Crippen LogP contribution in [0.15, 0.2) is 41.3 Å².